The molecule has 0 saturated carbocycles. The van der Waals surface area contributed by atoms with Crippen LogP contribution < -0.4 is 9.80 Å². The number of benzene rings is 3. The van der Waals surface area contributed by atoms with E-state index >= 15 is 0 Å². The van der Waals surface area contributed by atoms with Crippen LogP contribution in [0, 0.1) is 6.92 Å². The molecule has 8 nitrogen and oxygen atoms in total. The van der Waals surface area contributed by atoms with Gasteiger partial charge in [0.05, 0.1) is 16.7 Å². The number of para-hydroxylation sites is 1. The molecule has 160 valence electrons. The molecule has 0 aliphatic carbocycles. The lowest BCUT2D eigenvalue weighted by molar-refractivity contribution is 0.0703. The molecule has 1 unspecified atom stereocenters. The number of carbonyl (C=O) groups is 2. The molecular weight excluding hydrogens is 408 g/mol. The van der Waals surface area contributed by atoms with E-state index in [1.165, 1.54) is 11.9 Å². The summed E-state index contributed by atoms with van der Waals surface area (Å²) in [7, 11) is 1.39. The lowest BCUT2D eigenvalue weighted by Gasteiger charge is -2.35. The average Bonchev–Trinajstić information content (AvgIpc) is 3.31. The Morgan fingerprint density at radius 1 is 1.09 bits per heavy atom. The van der Waals surface area contributed by atoms with Gasteiger partial charge in [0.2, 0.25) is 5.95 Å². The van der Waals surface area contributed by atoms with Crippen molar-refractivity contribution < 1.29 is 19.8 Å². The molecule has 3 N–H and O–H groups in total. The zero-order valence-corrected chi connectivity index (χ0v) is 17.4. The van der Waals surface area contributed by atoms with E-state index in [0.29, 0.717) is 33.4 Å². The normalized spacial score (nSPS) is 17.6. The first kappa shape index (κ1) is 19.8. The number of aliphatic hydroxyl groups is 1. The van der Waals surface area contributed by atoms with E-state index < -0.39 is 11.8 Å². The highest BCUT2D eigenvalue weighted by molar-refractivity contribution is 6.12. The van der Waals surface area contributed by atoms with Gasteiger partial charge in [0.15, 0.2) is 5.72 Å². The quantitative estimate of drug-likeness (QED) is 0.459. The van der Waals surface area contributed by atoms with Gasteiger partial charge in [-0.25, -0.2) is 9.78 Å². The number of carboxylic acid groups (broad SMARTS) is 1. The number of aryl methyl sites for hydroxylation is 1. The van der Waals surface area contributed by atoms with Crippen molar-refractivity contribution in [2.45, 2.75) is 12.6 Å². The van der Waals surface area contributed by atoms with Gasteiger partial charge in [0.1, 0.15) is 0 Å². The third-order valence-electron chi connectivity index (χ3n) is 5.89. The van der Waals surface area contributed by atoms with Crippen molar-refractivity contribution in [3.8, 4) is 0 Å². The van der Waals surface area contributed by atoms with Crippen molar-refractivity contribution in [3.63, 3.8) is 0 Å². The van der Waals surface area contributed by atoms with Gasteiger partial charge in [-0.3, -0.25) is 14.6 Å². The summed E-state index contributed by atoms with van der Waals surface area (Å²) in [6.07, 6.45) is -1.15. The van der Waals surface area contributed by atoms with E-state index in [0.717, 1.165) is 10.5 Å². The monoisotopic (exact) mass is 428 g/mol. The smallest absolute Gasteiger partial charge is 0.413 e. The van der Waals surface area contributed by atoms with Crippen LogP contribution >= 0.6 is 0 Å². The fraction of sp³-hybridized carbons (Fsp3) is 0.125. The van der Waals surface area contributed by atoms with E-state index in [4.69, 9.17) is 0 Å². The van der Waals surface area contributed by atoms with Gasteiger partial charge in [0.25, 0.3) is 5.91 Å². The van der Waals surface area contributed by atoms with E-state index in [1.54, 1.807) is 48.5 Å². The van der Waals surface area contributed by atoms with E-state index in [1.807, 2.05) is 25.1 Å². The van der Waals surface area contributed by atoms with Crippen molar-refractivity contribution in [2.75, 3.05) is 16.8 Å². The topological polar surface area (TPSA) is 110 Å². The average molecular weight is 428 g/mol. The minimum Gasteiger partial charge on any atom is -0.465 e. The van der Waals surface area contributed by atoms with Crippen molar-refractivity contribution in [2.24, 2.45) is 0 Å². The summed E-state index contributed by atoms with van der Waals surface area (Å²) in [4.78, 5) is 34.4. The number of anilines is 2. The Morgan fingerprint density at radius 2 is 1.81 bits per heavy atom. The summed E-state index contributed by atoms with van der Waals surface area (Å²) in [5.41, 5.74) is 2.15. The van der Waals surface area contributed by atoms with Crippen molar-refractivity contribution in [3.05, 3.63) is 89.0 Å². The second-order valence-electron chi connectivity index (χ2n) is 7.78. The number of hydrogen-bond donors (Lipinski definition) is 3. The molecule has 32 heavy (non-hydrogen) atoms. The number of fused-ring (bicyclic) bond motifs is 2. The summed E-state index contributed by atoms with van der Waals surface area (Å²) >= 11 is 0. The zero-order valence-electron chi connectivity index (χ0n) is 17.4. The number of aromatic amines is 1. The third-order valence-corrected chi connectivity index (χ3v) is 5.89. The fourth-order valence-electron chi connectivity index (χ4n) is 4.21. The van der Waals surface area contributed by atoms with Crippen LogP contribution in [-0.2, 0) is 5.72 Å². The number of aromatic nitrogens is 2. The Morgan fingerprint density at radius 3 is 2.56 bits per heavy atom. The molecule has 1 aromatic heterocycles. The standard InChI is InChI=1S/C24H20N4O4/c1-14-7-3-6-10-20(14)28-21(29)16-8-4-5-9-17(16)24(28,32)15-11-12-18-19(13-15)26-22(25-18)27(2)23(30)31/h3-13,32H,1-2H3,(H,25,26)(H,30,31). The van der Waals surface area contributed by atoms with Crippen LogP contribution in [-0.4, -0.2) is 39.2 Å². The number of hydrogen-bond acceptors (Lipinski definition) is 4. The van der Waals surface area contributed by atoms with Crippen LogP contribution in [0.15, 0.2) is 66.7 Å². The maximum Gasteiger partial charge on any atom is 0.413 e. The maximum atomic E-state index is 13.4. The summed E-state index contributed by atoms with van der Waals surface area (Å²) in [6, 6.07) is 19.5. The van der Waals surface area contributed by atoms with Crippen LogP contribution in [0.1, 0.15) is 27.0 Å². The van der Waals surface area contributed by atoms with Crippen LogP contribution in [0.25, 0.3) is 11.0 Å². The number of rotatable bonds is 3. The summed E-state index contributed by atoms with van der Waals surface area (Å²) in [5.74, 6) is -0.135. The zero-order chi connectivity index (χ0) is 22.6. The molecule has 2 heterocycles. The summed E-state index contributed by atoms with van der Waals surface area (Å²) in [5, 5.41) is 21.4. The first-order valence-electron chi connectivity index (χ1n) is 10.0. The molecule has 4 aromatic rings. The molecule has 5 rings (SSSR count). The van der Waals surface area contributed by atoms with Gasteiger partial charge in [-0.2, -0.15) is 0 Å². The first-order chi connectivity index (χ1) is 15.3. The highest BCUT2D eigenvalue weighted by Gasteiger charge is 2.51. The van der Waals surface area contributed by atoms with E-state index in [9.17, 15) is 19.8 Å². The van der Waals surface area contributed by atoms with Gasteiger partial charge in [-0.15, -0.1) is 0 Å². The Kier molecular flexibility index (Phi) is 4.28. The number of carbonyl (C=O) groups excluding carboxylic acids is 1. The van der Waals surface area contributed by atoms with Gasteiger partial charge in [-0.1, -0.05) is 42.5 Å². The number of imidazole rings is 1. The molecule has 1 atom stereocenters. The number of amides is 2. The van der Waals surface area contributed by atoms with E-state index in [-0.39, 0.29) is 11.9 Å². The first-order valence-corrected chi connectivity index (χ1v) is 10.0. The Balaban J connectivity index is 1.73. The third kappa shape index (κ3) is 2.70. The lowest BCUT2D eigenvalue weighted by atomic mass is 9.93. The largest absolute Gasteiger partial charge is 0.465 e. The molecular formula is C24H20N4O4. The van der Waals surface area contributed by atoms with Crippen LogP contribution in [0.3, 0.4) is 0 Å². The number of nitrogens with zero attached hydrogens (tertiary/aromatic N) is 3. The second-order valence-corrected chi connectivity index (χ2v) is 7.78. The van der Waals surface area contributed by atoms with Crippen LogP contribution in [0.2, 0.25) is 0 Å². The van der Waals surface area contributed by atoms with Crippen molar-refractivity contribution >= 4 is 34.7 Å². The highest BCUT2D eigenvalue weighted by Crippen LogP contribution is 2.46. The maximum absolute atomic E-state index is 13.4. The van der Waals surface area contributed by atoms with Gasteiger partial charge < -0.3 is 15.2 Å². The Hall–Kier alpha value is -4.17. The highest BCUT2D eigenvalue weighted by atomic mass is 16.4. The van der Waals surface area contributed by atoms with Crippen LogP contribution in [0.5, 0.6) is 0 Å². The molecule has 2 amide bonds. The number of H-pyrrole nitrogens is 1. The van der Waals surface area contributed by atoms with Crippen molar-refractivity contribution in [1.29, 1.82) is 0 Å². The molecule has 8 heteroatoms. The second kappa shape index (κ2) is 6.93. The predicted molar refractivity (Wildman–Crippen MR) is 120 cm³/mol. The molecule has 0 bridgehead atoms. The van der Waals surface area contributed by atoms with Gasteiger partial charge in [-0.05, 0) is 36.8 Å². The minimum atomic E-state index is -1.75. The molecule has 1 aliphatic heterocycles. The molecule has 3 aromatic carbocycles. The molecule has 0 radical (unpaired) electrons. The Bertz CT molecular complexity index is 1400. The van der Waals surface area contributed by atoms with Gasteiger partial charge >= 0.3 is 6.09 Å². The minimum absolute atomic E-state index is 0.162. The predicted octanol–water partition coefficient (Wildman–Crippen LogP) is 3.84. The molecule has 0 spiro atoms. The van der Waals surface area contributed by atoms with Crippen molar-refractivity contribution in [1.82, 2.24) is 9.97 Å². The summed E-state index contributed by atoms with van der Waals surface area (Å²) < 4.78 is 0. The SMILES string of the molecule is Cc1ccccc1N1C(=O)c2ccccc2C1(O)c1ccc2nc(N(C)C(=O)O)[nH]c2c1. The molecule has 0 saturated heterocycles. The fourth-order valence-corrected chi connectivity index (χ4v) is 4.21. The molecule has 1 aliphatic rings. The van der Waals surface area contributed by atoms with Crippen LogP contribution in [0.4, 0.5) is 16.4 Å². The number of nitrogens with one attached hydrogen (secondary N) is 1. The Labute approximate surface area is 183 Å². The lowest BCUT2D eigenvalue weighted by Crippen LogP contribution is -2.45. The molecule has 0 fully saturated rings. The summed E-state index contributed by atoms with van der Waals surface area (Å²) in [6.45, 7) is 1.89. The van der Waals surface area contributed by atoms with Gasteiger partial charge in [0, 0.05) is 23.7 Å². The van der Waals surface area contributed by atoms with E-state index in [2.05, 4.69) is 9.97 Å².